The lowest BCUT2D eigenvalue weighted by Crippen LogP contribution is -2.22. The summed E-state index contributed by atoms with van der Waals surface area (Å²) in [7, 11) is 0. The minimum absolute atomic E-state index is 0.0770. The summed E-state index contributed by atoms with van der Waals surface area (Å²) >= 11 is 0. The Hall–Kier alpha value is -1.09. The van der Waals surface area contributed by atoms with Crippen LogP contribution in [0.25, 0.3) is 0 Å². The Bertz CT molecular complexity index is 252. The van der Waals surface area contributed by atoms with Crippen LogP contribution in [0.1, 0.15) is 6.92 Å². The van der Waals surface area contributed by atoms with Crippen LogP contribution in [0, 0.1) is 5.82 Å². The third-order valence-electron chi connectivity index (χ3n) is 1.47. The predicted molar refractivity (Wildman–Crippen MR) is 45.5 cm³/mol. The molecule has 66 valence electrons. The third kappa shape index (κ3) is 2.51. The summed E-state index contributed by atoms with van der Waals surface area (Å²) in [4.78, 5) is 0. The highest BCUT2D eigenvalue weighted by molar-refractivity contribution is 5.22. The molecule has 0 saturated heterocycles. The van der Waals surface area contributed by atoms with Gasteiger partial charge in [-0.2, -0.15) is 0 Å². The summed E-state index contributed by atoms with van der Waals surface area (Å²) in [6.45, 7) is 2.27. The SMILES string of the molecule is C[C@@H](CN)Oc1cccc(F)c1. The molecule has 0 fully saturated rings. The van der Waals surface area contributed by atoms with Crippen molar-refractivity contribution < 1.29 is 9.13 Å². The lowest BCUT2D eigenvalue weighted by atomic mass is 10.3. The van der Waals surface area contributed by atoms with Gasteiger partial charge in [0.2, 0.25) is 0 Å². The van der Waals surface area contributed by atoms with Crippen molar-refractivity contribution in [2.24, 2.45) is 5.73 Å². The number of hydrogen-bond acceptors (Lipinski definition) is 2. The molecule has 2 N–H and O–H groups in total. The summed E-state index contributed by atoms with van der Waals surface area (Å²) in [5.74, 6) is 0.227. The van der Waals surface area contributed by atoms with Gasteiger partial charge in [0.1, 0.15) is 17.7 Å². The minimum atomic E-state index is -0.295. The molecule has 12 heavy (non-hydrogen) atoms. The molecule has 3 heteroatoms. The maximum atomic E-state index is 12.6. The molecule has 1 aromatic carbocycles. The molecule has 1 aromatic rings. The fraction of sp³-hybridized carbons (Fsp3) is 0.333. The molecule has 2 nitrogen and oxygen atoms in total. The number of halogens is 1. The Morgan fingerprint density at radius 2 is 2.33 bits per heavy atom. The van der Waals surface area contributed by atoms with Crippen molar-refractivity contribution in [1.29, 1.82) is 0 Å². The van der Waals surface area contributed by atoms with E-state index in [2.05, 4.69) is 0 Å². The van der Waals surface area contributed by atoms with Crippen LogP contribution in [0.15, 0.2) is 24.3 Å². The van der Waals surface area contributed by atoms with E-state index in [-0.39, 0.29) is 11.9 Å². The molecule has 0 aliphatic heterocycles. The summed E-state index contributed by atoms with van der Waals surface area (Å²) in [6, 6.07) is 6.02. The quantitative estimate of drug-likeness (QED) is 0.745. The first kappa shape index (κ1) is 9.00. The maximum absolute atomic E-state index is 12.6. The van der Waals surface area contributed by atoms with Gasteiger partial charge in [0, 0.05) is 12.6 Å². The zero-order valence-corrected chi connectivity index (χ0v) is 6.96. The first-order valence-corrected chi connectivity index (χ1v) is 3.84. The Kier molecular flexibility index (Phi) is 3.05. The molecule has 1 atom stereocenters. The number of rotatable bonds is 3. The first-order valence-electron chi connectivity index (χ1n) is 3.84. The number of ether oxygens (including phenoxy) is 1. The molecule has 0 spiro atoms. The van der Waals surface area contributed by atoms with Gasteiger partial charge < -0.3 is 10.5 Å². The molecule has 0 unspecified atom stereocenters. The highest BCUT2D eigenvalue weighted by Gasteiger charge is 2.00. The van der Waals surface area contributed by atoms with Crippen molar-refractivity contribution in [3.05, 3.63) is 30.1 Å². The van der Waals surface area contributed by atoms with E-state index in [4.69, 9.17) is 10.5 Å². The van der Waals surface area contributed by atoms with E-state index in [1.54, 1.807) is 12.1 Å². The topological polar surface area (TPSA) is 35.2 Å². The van der Waals surface area contributed by atoms with Crippen molar-refractivity contribution >= 4 is 0 Å². The highest BCUT2D eigenvalue weighted by atomic mass is 19.1. The van der Waals surface area contributed by atoms with Gasteiger partial charge in [-0.05, 0) is 19.1 Å². The highest BCUT2D eigenvalue weighted by Crippen LogP contribution is 2.13. The zero-order valence-electron chi connectivity index (χ0n) is 6.96. The smallest absolute Gasteiger partial charge is 0.126 e. The molecule has 0 aromatic heterocycles. The van der Waals surface area contributed by atoms with Crippen molar-refractivity contribution in [3.63, 3.8) is 0 Å². The first-order chi connectivity index (χ1) is 5.72. The van der Waals surface area contributed by atoms with Crippen molar-refractivity contribution in [3.8, 4) is 5.75 Å². The van der Waals surface area contributed by atoms with Crippen molar-refractivity contribution in [1.82, 2.24) is 0 Å². The largest absolute Gasteiger partial charge is 0.489 e. The Labute approximate surface area is 71.1 Å². The van der Waals surface area contributed by atoms with Gasteiger partial charge in [-0.15, -0.1) is 0 Å². The van der Waals surface area contributed by atoms with E-state index in [1.165, 1.54) is 12.1 Å². The van der Waals surface area contributed by atoms with Gasteiger partial charge in [-0.25, -0.2) is 4.39 Å². The Balaban J connectivity index is 2.63. The molecule has 0 aliphatic carbocycles. The molecule has 0 radical (unpaired) electrons. The van der Waals surface area contributed by atoms with Crippen LogP contribution in [0.2, 0.25) is 0 Å². The monoisotopic (exact) mass is 169 g/mol. The van der Waals surface area contributed by atoms with Crippen LogP contribution in [0.4, 0.5) is 4.39 Å². The standard InChI is InChI=1S/C9H12FNO/c1-7(6-11)12-9-4-2-3-8(10)5-9/h2-5,7H,6,11H2,1H3/t7-/m0/s1. The van der Waals surface area contributed by atoms with E-state index in [1.807, 2.05) is 6.92 Å². The average Bonchev–Trinajstić information content (AvgIpc) is 2.04. The van der Waals surface area contributed by atoms with E-state index < -0.39 is 0 Å². The third-order valence-corrected chi connectivity index (χ3v) is 1.47. The van der Waals surface area contributed by atoms with Gasteiger partial charge in [-0.3, -0.25) is 0 Å². The van der Waals surface area contributed by atoms with Gasteiger partial charge in [0.15, 0.2) is 0 Å². The summed E-state index contributed by atoms with van der Waals surface area (Å²) in [5, 5.41) is 0. The summed E-state index contributed by atoms with van der Waals surface area (Å²) in [5.41, 5.74) is 5.34. The molecule has 1 rings (SSSR count). The fourth-order valence-corrected chi connectivity index (χ4v) is 0.821. The molecule has 0 amide bonds. The fourth-order valence-electron chi connectivity index (χ4n) is 0.821. The van der Waals surface area contributed by atoms with Crippen molar-refractivity contribution in [2.45, 2.75) is 13.0 Å². The van der Waals surface area contributed by atoms with Gasteiger partial charge in [0.05, 0.1) is 0 Å². The van der Waals surface area contributed by atoms with E-state index >= 15 is 0 Å². The average molecular weight is 169 g/mol. The Morgan fingerprint density at radius 3 is 2.92 bits per heavy atom. The zero-order chi connectivity index (χ0) is 8.97. The van der Waals surface area contributed by atoms with Crippen LogP contribution in [-0.4, -0.2) is 12.6 Å². The number of hydrogen-bond donors (Lipinski definition) is 1. The molecule has 0 heterocycles. The normalized spacial score (nSPS) is 12.6. The van der Waals surface area contributed by atoms with Gasteiger partial charge >= 0.3 is 0 Å². The molecular formula is C9H12FNO. The van der Waals surface area contributed by atoms with Crippen molar-refractivity contribution in [2.75, 3.05) is 6.54 Å². The Morgan fingerprint density at radius 1 is 1.58 bits per heavy atom. The second-order valence-corrected chi connectivity index (χ2v) is 2.62. The number of benzene rings is 1. The van der Waals surface area contributed by atoms with Crippen LogP contribution < -0.4 is 10.5 Å². The van der Waals surface area contributed by atoms with E-state index in [0.29, 0.717) is 12.3 Å². The lowest BCUT2D eigenvalue weighted by Gasteiger charge is -2.11. The summed E-state index contributed by atoms with van der Waals surface area (Å²) in [6.07, 6.45) is -0.0770. The molecule has 0 bridgehead atoms. The maximum Gasteiger partial charge on any atom is 0.126 e. The second kappa shape index (κ2) is 4.07. The van der Waals surface area contributed by atoms with E-state index in [0.717, 1.165) is 0 Å². The predicted octanol–water partition coefficient (Wildman–Crippen LogP) is 1.55. The van der Waals surface area contributed by atoms with Crippen LogP contribution in [-0.2, 0) is 0 Å². The molecule has 0 saturated carbocycles. The summed E-state index contributed by atoms with van der Waals surface area (Å²) < 4.78 is 17.9. The second-order valence-electron chi connectivity index (χ2n) is 2.62. The van der Waals surface area contributed by atoms with Crippen LogP contribution in [0.5, 0.6) is 5.75 Å². The van der Waals surface area contributed by atoms with Crippen LogP contribution in [0.3, 0.4) is 0 Å². The van der Waals surface area contributed by atoms with Crippen LogP contribution >= 0.6 is 0 Å². The number of nitrogens with two attached hydrogens (primary N) is 1. The van der Waals surface area contributed by atoms with E-state index in [9.17, 15) is 4.39 Å². The lowest BCUT2D eigenvalue weighted by molar-refractivity contribution is 0.229. The minimum Gasteiger partial charge on any atom is -0.489 e. The molecule has 0 aliphatic rings. The van der Waals surface area contributed by atoms with Gasteiger partial charge in [-0.1, -0.05) is 6.07 Å². The molecular weight excluding hydrogens is 157 g/mol. The van der Waals surface area contributed by atoms with Gasteiger partial charge in [0.25, 0.3) is 0 Å².